The Bertz CT molecular complexity index is 1010. The Labute approximate surface area is 178 Å². The molecule has 0 unspecified atom stereocenters. The maximum absolute atomic E-state index is 13.4. The first-order valence-electron chi connectivity index (χ1n) is 10.0. The van der Waals surface area contributed by atoms with Gasteiger partial charge in [0.1, 0.15) is 16.6 Å². The van der Waals surface area contributed by atoms with Crippen molar-refractivity contribution in [3.8, 4) is 10.6 Å². The molecule has 0 radical (unpaired) electrons. The first kappa shape index (κ1) is 20.6. The summed E-state index contributed by atoms with van der Waals surface area (Å²) < 4.78 is 26.5. The Balaban J connectivity index is 1.32. The summed E-state index contributed by atoms with van der Waals surface area (Å²) >= 11 is 1.42. The van der Waals surface area contributed by atoms with Crippen molar-refractivity contribution in [2.45, 2.75) is 19.4 Å². The van der Waals surface area contributed by atoms with Crippen LogP contribution < -0.4 is 0 Å². The molecule has 2 aromatic carbocycles. The normalized spacial score (nSPS) is 15.2. The number of rotatable bonds is 5. The van der Waals surface area contributed by atoms with Crippen LogP contribution in [0.5, 0.6) is 0 Å². The van der Waals surface area contributed by atoms with Crippen LogP contribution in [0.3, 0.4) is 0 Å². The summed E-state index contributed by atoms with van der Waals surface area (Å²) in [5.41, 5.74) is 2.52. The van der Waals surface area contributed by atoms with Gasteiger partial charge in [0.15, 0.2) is 0 Å². The zero-order valence-electron chi connectivity index (χ0n) is 16.6. The van der Waals surface area contributed by atoms with Crippen LogP contribution in [0.2, 0.25) is 0 Å². The van der Waals surface area contributed by atoms with Gasteiger partial charge >= 0.3 is 0 Å². The molecule has 0 saturated carbocycles. The van der Waals surface area contributed by atoms with Gasteiger partial charge in [-0.15, -0.1) is 11.3 Å². The third kappa shape index (κ3) is 5.29. The van der Waals surface area contributed by atoms with E-state index in [9.17, 15) is 13.6 Å². The first-order chi connectivity index (χ1) is 14.6. The summed E-state index contributed by atoms with van der Waals surface area (Å²) in [5.74, 6) is -0.459. The number of nitrogens with zero attached hydrogens (tertiary/aromatic N) is 3. The van der Waals surface area contributed by atoms with E-state index in [-0.39, 0.29) is 24.0 Å². The second-order valence-corrected chi connectivity index (χ2v) is 8.33. The second-order valence-electron chi connectivity index (χ2n) is 7.47. The minimum atomic E-state index is -0.296. The van der Waals surface area contributed by atoms with Gasteiger partial charge in [-0.2, -0.15) is 0 Å². The van der Waals surface area contributed by atoms with E-state index < -0.39 is 0 Å². The number of hydrogen-bond acceptors (Lipinski definition) is 4. The Kier molecular flexibility index (Phi) is 6.50. The number of benzene rings is 2. The first-order valence-corrected chi connectivity index (χ1v) is 10.9. The molecule has 7 heteroatoms. The largest absolute Gasteiger partial charge is 0.341 e. The Morgan fingerprint density at radius 3 is 2.63 bits per heavy atom. The lowest BCUT2D eigenvalue weighted by atomic mass is 10.2. The number of hydrogen-bond donors (Lipinski definition) is 0. The highest BCUT2D eigenvalue weighted by molar-refractivity contribution is 7.13. The average Bonchev–Trinajstić information content (AvgIpc) is 3.07. The van der Waals surface area contributed by atoms with E-state index in [4.69, 9.17) is 0 Å². The van der Waals surface area contributed by atoms with E-state index in [1.807, 2.05) is 28.5 Å². The van der Waals surface area contributed by atoms with Crippen molar-refractivity contribution in [3.05, 3.63) is 76.8 Å². The molecule has 1 saturated heterocycles. The maximum Gasteiger partial charge on any atom is 0.228 e. The summed E-state index contributed by atoms with van der Waals surface area (Å²) in [7, 11) is 0. The number of thiazole rings is 1. The number of aromatic nitrogens is 1. The molecule has 0 spiro atoms. The maximum atomic E-state index is 13.4. The highest BCUT2D eigenvalue weighted by atomic mass is 32.1. The van der Waals surface area contributed by atoms with Crippen LogP contribution in [0.25, 0.3) is 10.6 Å². The number of carbonyl (C=O) groups excluding carboxylic acids is 1. The van der Waals surface area contributed by atoms with Crippen molar-refractivity contribution in [2.24, 2.45) is 0 Å². The molecule has 4 rings (SSSR count). The molecule has 1 aliphatic rings. The van der Waals surface area contributed by atoms with Gasteiger partial charge < -0.3 is 4.90 Å². The fraction of sp³-hybridized carbons (Fsp3) is 0.304. The van der Waals surface area contributed by atoms with Gasteiger partial charge in [-0.3, -0.25) is 9.69 Å². The van der Waals surface area contributed by atoms with Gasteiger partial charge in [-0.25, -0.2) is 13.8 Å². The lowest BCUT2D eigenvalue weighted by Gasteiger charge is -2.22. The van der Waals surface area contributed by atoms with E-state index in [0.717, 1.165) is 54.4 Å². The summed E-state index contributed by atoms with van der Waals surface area (Å²) in [4.78, 5) is 21.5. The smallest absolute Gasteiger partial charge is 0.228 e. The minimum Gasteiger partial charge on any atom is -0.341 e. The van der Waals surface area contributed by atoms with Crippen LogP contribution in [-0.4, -0.2) is 46.9 Å². The Hall–Kier alpha value is -2.64. The molecule has 4 nitrogen and oxygen atoms in total. The van der Waals surface area contributed by atoms with Crippen LogP contribution in [0.15, 0.2) is 53.9 Å². The van der Waals surface area contributed by atoms with Crippen molar-refractivity contribution in [1.29, 1.82) is 0 Å². The fourth-order valence-electron chi connectivity index (χ4n) is 3.64. The highest BCUT2D eigenvalue weighted by Gasteiger charge is 2.20. The van der Waals surface area contributed by atoms with Crippen molar-refractivity contribution < 1.29 is 13.6 Å². The van der Waals surface area contributed by atoms with Gasteiger partial charge in [0, 0.05) is 43.7 Å². The predicted molar refractivity (Wildman–Crippen MR) is 114 cm³/mol. The highest BCUT2D eigenvalue weighted by Crippen LogP contribution is 2.24. The molecule has 0 N–H and O–H groups in total. The summed E-state index contributed by atoms with van der Waals surface area (Å²) in [5, 5.41) is 2.59. The molecule has 1 aromatic heterocycles. The standard InChI is InChI=1S/C23H23F2N3OS/c24-19-7-5-17(6-8-19)15-27-9-2-10-28(12-11-27)22(29)14-21-16-30-23(26-21)18-3-1-4-20(25)13-18/h1,3-8,13,16H,2,9-12,14-15H2. The van der Waals surface area contributed by atoms with E-state index in [2.05, 4.69) is 9.88 Å². The van der Waals surface area contributed by atoms with Gasteiger partial charge in [0.05, 0.1) is 12.1 Å². The number of halogens is 2. The Morgan fingerprint density at radius 1 is 1.00 bits per heavy atom. The topological polar surface area (TPSA) is 36.4 Å². The number of carbonyl (C=O) groups is 1. The van der Waals surface area contributed by atoms with Crippen LogP contribution in [0.4, 0.5) is 8.78 Å². The number of amides is 1. The van der Waals surface area contributed by atoms with Crippen molar-refractivity contribution >= 4 is 17.2 Å². The van der Waals surface area contributed by atoms with Gasteiger partial charge in [-0.05, 0) is 36.2 Å². The average molecular weight is 428 g/mol. The van der Waals surface area contributed by atoms with Crippen molar-refractivity contribution in [2.75, 3.05) is 26.2 Å². The third-order valence-corrected chi connectivity index (χ3v) is 6.16. The van der Waals surface area contributed by atoms with E-state index in [1.165, 1.54) is 35.6 Å². The molecule has 2 heterocycles. The second kappa shape index (κ2) is 9.45. The predicted octanol–water partition coefficient (Wildman–Crippen LogP) is 4.37. The molecule has 1 fully saturated rings. The van der Waals surface area contributed by atoms with E-state index in [1.54, 1.807) is 6.07 Å². The molecule has 3 aromatic rings. The van der Waals surface area contributed by atoms with E-state index in [0.29, 0.717) is 6.54 Å². The minimum absolute atomic E-state index is 0.0646. The SMILES string of the molecule is O=C(Cc1csc(-c2cccc(F)c2)n1)N1CCCN(Cc2ccc(F)cc2)CC1. The molecule has 0 bridgehead atoms. The zero-order valence-corrected chi connectivity index (χ0v) is 17.4. The fourth-order valence-corrected chi connectivity index (χ4v) is 4.45. The van der Waals surface area contributed by atoms with Gasteiger partial charge in [0.2, 0.25) is 5.91 Å². The summed E-state index contributed by atoms with van der Waals surface area (Å²) in [6, 6.07) is 12.9. The molecule has 30 heavy (non-hydrogen) atoms. The molecule has 0 aliphatic carbocycles. The quantitative estimate of drug-likeness (QED) is 0.607. The summed E-state index contributed by atoms with van der Waals surface area (Å²) in [6.45, 7) is 3.84. The van der Waals surface area contributed by atoms with Crippen LogP contribution in [0, 0.1) is 11.6 Å². The summed E-state index contributed by atoms with van der Waals surface area (Å²) in [6.07, 6.45) is 1.16. The van der Waals surface area contributed by atoms with Crippen molar-refractivity contribution in [3.63, 3.8) is 0 Å². The molecular weight excluding hydrogens is 404 g/mol. The molecule has 0 atom stereocenters. The van der Waals surface area contributed by atoms with Gasteiger partial charge in [0.25, 0.3) is 0 Å². The lowest BCUT2D eigenvalue weighted by molar-refractivity contribution is -0.130. The zero-order chi connectivity index (χ0) is 20.9. The molecular formula is C23H23F2N3OS. The van der Waals surface area contributed by atoms with Crippen molar-refractivity contribution in [1.82, 2.24) is 14.8 Å². The van der Waals surface area contributed by atoms with Crippen LogP contribution in [-0.2, 0) is 17.8 Å². The van der Waals surface area contributed by atoms with Gasteiger partial charge in [-0.1, -0.05) is 24.3 Å². The van der Waals surface area contributed by atoms with Crippen LogP contribution in [0.1, 0.15) is 17.7 Å². The monoisotopic (exact) mass is 427 g/mol. The Morgan fingerprint density at radius 2 is 1.83 bits per heavy atom. The molecule has 1 amide bonds. The lowest BCUT2D eigenvalue weighted by Crippen LogP contribution is -2.36. The molecule has 1 aliphatic heterocycles. The molecule has 156 valence electrons. The third-order valence-electron chi connectivity index (χ3n) is 5.22. The van der Waals surface area contributed by atoms with E-state index >= 15 is 0 Å². The van der Waals surface area contributed by atoms with Crippen LogP contribution >= 0.6 is 11.3 Å².